The highest BCUT2D eigenvalue weighted by atomic mass is 16.5. The Balaban J connectivity index is 2.96. The first kappa shape index (κ1) is 15.3. The van der Waals surface area contributed by atoms with E-state index in [0.29, 0.717) is 11.3 Å². The number of nitrogens with two attached hydrogens (primary N) is 1. The van der Waals surface area contributed by atoms with Crippen molar-refractivity contribution in [1.29, 1.82) is 0 Å². The summed E-state index contributed by atoms with van der Waals surface area (Å²) in [5.41, 5.74) is 7.37. The monoisotopic (exact) mass is 267 g/mol. The van der Waals surface area contributed by atoms with Gasteiger partial charge >= 0.3 is 5.97 Å². The number of phenols is 1. The van der Waals surface area contributed by atoms with Crippen molar-refractivity contribution >= 4 is 5.97 Å². The van der Waals surface area contributed by atoms with Crippen molar-refractivity contribution in [3.05, 3.63) is 23.3 Å². The molecule has 5 heteroatoms. The maximum Gasteiger partial charge on any atom is 0.323 e. The Morgan fingerprint density at radius 2 is 2.11 bits per heavy atom. The Bertz CT molecular complexity index is 445. The Labute approximate surface area is 113 Å². The highest BCUT2D eigenvalue weighted by molar-refractivity contribution is 5.76. The molecule has 0 aliphatic rings. The average Bonchev–Trinajstić information content (AvgIpc) is 2.41. The van der Waals surface area contributed by atoms with E-state index in [1.54, 1.807) is 13.0 Å². The van der Waals surface area contributed by atoms with Crippen LogP contribution in [0.2, 0.25) is 0 Å². The van der Waals surface area contributed by atoms with E-state index in [-0.39, 0.29) is 18.8 Å². The standard InChI is InChI=1S/C14H21NO4/c1-4-9-6-10(13(16)12(7-9)18-3)8-11(15)14(17)19-5-2/h6-7,11,16H,4-5,8,15H2,1-3H3. The van der Waals surface area contributed by atoms with E-state index in [1.165, 1.54) is 7.11 Å². The fourth-order valence-corrected chi connectivity index (χ4v) is 1.81. The maximum atomic E-state index is 11.5. The van der Waals surface area contributed by atoms with Crippen LogP contribution in [0, 0.1) is 0 Å². The molecule has 0 spiro atoms. The summed E-state index contributed by atoms with van der Waals surface area (Å²) in [6, 6.07) is 2.81. The highest BCUT2D eigenvalue weighted by Crippen LogP contribution is 2.32. The lowest BCUT2D eigenvalue weighted by molar-refractivity contribution is -0.144. The lowest BCUT2D eigenvalue weighted by Gasteiger charge is -2.14. The number of phenolic OH excluding ortho intramolecular Hbond substituents is 1. The SMILES string of the molecule is CCOC(=O)C(N)Cc1cc(CC)cc(OC)c1O. The number of aromatic hydroxyl groups is 1. The lowest BCUT2D eigenvalue weighted by Crippen LogP contribution is -2.34. The molecule has 1 atom stereocenters. The van der Waals surface area contributed by atoms with Crippen molar-refractivity contribution < 1.29 is 19.4 Å². The van der Waals surface area contributed by atoms with Crippen LogP contribution in [0.5, 0.6) is 11.5 Å². The number of ether oxygens (including phenoxy) is 2. The van der Waals surface area contributed by atoms with Crippen LogP contribution < -0.4 is 10.5 Å². The molecule has 1 aromatic rings. The number of carbonyl (C=O) groups is 1. The van der Waals surface area contributed by atoms with Crippen molar-refractivity contribution in [2.75, 3.05) is 13.7 Å². The van der Waals surface area contributed by atoms with Crippen molar-refractivity contribution in [3.8, 4) is 11.5 Å². The summed E-state index contributed by atoms with van der Waals surface area (Å²) in [5.74, 6) is -0.0485. The summed E-state index contributed by atoms with van der Waals surface area (Å²) in [7, 11) is 1.49. The van der Waals surface area contributed by atoms with Gasteiger partial charge in [0.25, 0.3) is 0 Å². The van der Waals surface area contributed by atoms with Gasteiger partial charge in [0, 0.05) is 12.0 Å². The number of carbonyl (C=O) groups excluding carboxylic acids is 1. The molecule has 0 bridgehead atoms. The molecule has 0 fully saturated rings. The van der Waals surface area contributed by atoms with Gasteiger partial charge in [-0.3, -0.25) is 4.79 Å². The van der Waals surface area contributed by atoms with Crippen LogP contribution >= 0.6 is 0 Å². The van der Waals surface area contributed by atoms with Crippen LogP contribution in [-0.4, -0.2) is 30.8 Å². The van der Waals surface area contributed by atoms with Gasteiger partial charge in [-0.15, -0.1) is 0 Å². The number of benzene rings is 1. The minimum absolute atomic E-state index is 0.0273. The second-order valence-electron chi connectivity index (χ2n) is 4.22. The molecule has 0 aliphatic heterocycles. The molecule has 0 amide bonds. The first-order valence-electron chi connectivity index (χ1n) is 6.34. The molecular weight excluding hydrogens is 246 g/mol. The van der Waals surface area contributed by atoms with Gasteiger partial charge in [0.15, 0.2) is 11.5 Å². The summed E-state index contributed by atoms with van der Waals surface area (Å²) in [6.07, 6.45) is 1.02. The second-order valence-corrected chi connectivity index (χ2v) is 4.22. The van der Waals surface area contributed by atoms with Crippen molar-refractivity contribution in [1.82, 2.24) is 0 Å². The second kappa shape index (κ2) is 6.99. The highest BCUT2D eigenvalue weighted by Gasteiger charge is 2.19. The summed E-state index contributed by atoms with van der Waals surface area (Å²) < 4.78 is 9.96. The number of hydrogen-bond donors (Lipinski definition) is 2. The fourth-order valence-electron chi connectivity index (χ4n) is 1.81. The zero-order valence-corrected chi connectivity index (χ0v) is 11.6. The van der Waals surface area contributed by atoms with Crippen molar-refractivity contribution in [3.63, 3.8) is 0 Å². The zero-order chi connectivity index (χ0) is 14.4. The van der Waals surface area contributed by atoms with Gasteiger partial charge in [0.05, 0.1) is 13.7 Å². The van der Waals surface area contributed by atoms with Crippen LogP contribution in [0.3, 0.4) is 0 Å². The van der Waals surface area contributed by atoms with Gasteiger partial charge in [-0.05, 0) is 25.0 Å². The Morgan fingerprint density at radius 3 is 2.63 bits per heavy atom. The summed E-state index contributed by atoms with van der Waals surface area (Å²) in [6.45, 7) is 4.01. The van der Waals surface area contributed by atoms with Crippen LogP contribution in [-0.2, 0) is 22.4 Å². The predicted molar refractivity (Wildman–Crippen MR) is 72.3 cm³/mol. The molecule has 0 aromatic heterocycles. The van der Waals surface area contributed by atoms with Crippen LogP contribution in [0.25, 0.3) is 0 Å². The molecule has 1 rings (SSSR count). The summed E-state index contributed by atoms with van der Waals surface area (Å²) in [5, 5.41) is 10.0. The quantitative estimate of drug-likeness (QED) is 0.761. The third kappa shape index (κ3) is 3.86. The first-order chi connectivity index (χ1) is 9.03. The Hall–Kier alpha value is -1.75. The Morgan fingerprint density at radius 1 is 1.42 bits per heavy atom. The minimum Gasteiger partial charge on any atom is -0.504 e. The van der Waals surface area contributed by atoms with E-state index >= 15 is 0 Å². The average molecular weight is 267 g/mol. The minimum atomic E-state index is -0.789. The molecule has 19 heavy (non-hydrogen) atoms. The number of methoxy groups -OCH3 is 1. The molecule has 0 radical (unpaired) electrons. The van der Waals surface area contributed by atoms with E-state index in [1.807, 2.05) is 13.0 Å². The molecule has 3 N–H and O–H groups in total. The van der Waals surface area contributed by atoms with Gasteiger partial charge < -0.3 is 20.3 Å². The first-order valence-corrected chi connectivity index (χ1v) is 6.34. The topological polar surface area (TPSA) is 81.8 Å². The van der Waals surface area contributed by atoms with E-state index in [2.05, 4.69) is 0 Å². The van der Waals surface area contributed by atoms with E-state index in [0.717, 1.165) is 12.0 Å². The molecule has 0 heterocycles. The molecule has 0 saturated heterocycles. The van der Waals surface area contributed by atoms with Crippen molar-refractivity contribution in [2.45, 2.75) is 32.7 Å². The van der Waals surface area contributed by atoms with Crippen LogP contribution in [0.4, 0.5) is 0 Å². The number of aryl methyl sites for hydroxylation is 1. The van der Waals surface area contributed by atoms with Gasteiger partial charge in [-0.2, -0.15) is 0 Å². The largest absolute Gasteiger partial charge is 0.504 e. The third-order valence-electron chi connectivity index (χ3n) is 2.87. The van der Waals surface area contributed by atoms with Crippen LogP contribution in [0.15, 0.2) is 12.1 Å². The zero-order valence-electron chi connectivity index (χ0n) is 11.6. The normalized spacial score (nSPS) is 12.0. The summed E-state index contributed by atoms with van der Waals surface area (Å²) >= 11 is 0. The van der Waals surface area contributed by atoms with Gasteiger partial charge in [0.2, 0.25) is 0 Å². The van der Waals surface area contributed by atoms with Crippen LogP contribution in [0.1, 0.15) is 25.0 Å². The molecule has 0 aliphatic carbocycles. The predicted octanol–water partition coefficient (Wildman–Crippen LogP) is 1.40. The van der Waals surface area contributed by atoms with E-state index in [9.17, 15) is 9.90 Å². The molecule has 1 unspecified atom stereocenters. The van der Waals surface area contributed by atoms with E-state index < -0.39 is 12.0 Å². The molecular formula is C14H21NO4. The number of hydrogen-bond acceptors (Lipinski definition) is 5. The van der Waals surface area contributed by atoms with E-state index in [4.69, 9.17) is 15.2 Å². The smallest absolute Gasteiger partial charge is 0.323 e. The lowest BCUT2D eigenvalue weighted by atomic mass is 10.0. The summed E-state index contributed by atoms with van der Waals surface area (Å²) in [4.78, 5) is 11.5. The van der Waals surface area contributed by atoms with Gasteiger partial charge in [-0.25, -0.2) is 0 Å². The number of esters is 1. The third-order valence-corrected chi connectivity index (χ3v) is 2.87. The molecule has 5 nitrogen and oxygen atoms in total. The maximum absolute atomic E-state index is 11.5. The fraction of sp³-hybridized carbons (Fsp3) is 0.500. The molecule has 0 saturated carbocycles. The van der Waals surface area contributed by atoms with Gasteiger partial charge in [-0.1, -0.05) is 13.0 Å². The molecule has 1 aromatic carbocycles. The molecule has 106 valence electrons. The Kier molecular flexibility index (Phi) is 5.63. The van der Waals surface area contributed by atoms with Gasteiger partial charge in [0.1, 0.15) is 6.04 Å². The van der Waals surface area contributed by atoms with Crippen molar-refractivity contribution in [2.24, 2.45) is 5.73 Å². The number of rotatable bonds is 6.